The highest BCUT2D eigenvalue weighted by Crippen LogP contribution is 2.31. The number of aryl methyl sites for hydroxylation is 1. The minimum Gasteiger partial charge on any atom is -0.347 e. The molecule has 3 heterocycles. The zero-order valence-corrected chi connectivity index (χ0v) is 14.9. The first-order valence-electron chi connectivity index (χ1n) is 9.01. The van der Waals surface area contributed by atoms with Gasteiger partial charge in [0.1, 0.15) is 5.82 Å². The van der Waals surface area contributed by atoms with E-state index in [2.05, 4.69) is 10.3 Å². The van der Waals surface area contributed by atoms with Crippen molar-refractivity contribution < 1.29 is 14.3 Å². The Bertz CT molecular complexity index is 775. The SMILES string of the molecule is Cc1ccc(Nc2cc(C(=O)N3CCC4(CC3)OCCO4)ccn2)cc1. The fraction of sp³-hybridized carbons (Fsp3) is 0.400. The number of anilines is 2. The minimum absolute atomic E-state index is 0.0206. The van der Waals surface area contributed by atoms with Crippen molar-refractivity contribution in [2.45, 2.75) is 25.6 Å². The monoisotopic (exact) mass is 353 g/mol. The Balaban J connectivity index is 1.42. The number of hydrogen-bond acceptors (Lipinski definition) is 5. The van der Waals surface area contributed by atoms with Crippen LogP contribution in [0.1, 0.15) is 28.8 Å². The van der Waals surface area contributed by atoms with E-state index in [1.165, 1.54) is 5.56 Å². The highest BCUT2D eigenvalue weighted by atomic mass is 16.7. The lowest BCUT2D eigenvalue weighted by Crippen LogP contribution is -2.47. The molecule has 1 aromatic carbocycles. The van der Waals surface area contributed by atoms with Crippen LogP contribution in [0.15, 0.2) is 42.6 Å². The second-order valence-electron chi connectivity index (χ2n) is 6.82. The molecule has 0 saturated carbocycles. The Morgan fingerprint density at radius 2 is 1.81 bits per heavy atom. The van der Waals surface area contributed by atoms with Gasteiger partial charge in [-0.25, -0.2) is 4.98 Å². The first-order valence-corrected chi connectivity index (χ1v) is 9.01. The maximum Gasteiger partial charge on any atom is 0.254 e. The second kappa shape index (κ2) is 7.05. The third-order valence-electron chi connectivity index (χ3n) is 4.96. The van der Waals surface area contributed by atoms with E-state index in [1.54, 1.807) is 18.3 Å². The third-order valence-corrected chi connectivity index (χ3v) is 4.96. The highest BCUT2D eigenvalue weighted by Gasteiger charge is 2.40. The van der Waals surface area contributed by atoms with Crippen LogP contribution in [0.3, 0.4) is 0 Å². The summed E-state index contributed by atoms with van der Waals surface area (Å²) in [4.78, 5) is 19.0. The van der Waals surface area contributed by atoms with E-state index in [9.17, 15) is 4.79 Å². The lowest BCUT2D eigenvalue weighted by Gasteiger charge is -2.37. The minimum atomic E-state index is -0.465. The van der Waals surface area contributed by atoms with Crippen molar-refractivity contribution in [1.29, 1.82) is 0 Å². The fourth-order valence-corrected chi connectivity index (χ4v) is 3.44. The molecule has 136 valence electrons. The van der Waals surface area contributed by atoms with Crippen LogP contribution >= 0.6 is 0 Å². The number of piperidine rings is 1. The maximum atomic E-state index is 12.8. The number of hydrogen-bond donors (Lipinski definition) is 1. The van der Waals surface area contributed by atoms with Crippen LogP contribution in [-0.4, -0.2) is 47.9 Å². The van der Waals surface area contributed by atoms with Gasteiger partial charge in [0.15, 0.2) is 5.79 Å². The lowest BCUT2D eigenvalue weighted by atomic mass is 10.0. The van der Waals surface area contributed by atoms with Crippen molar-refractivity contribution in [3.8, 4) is 0 Å². The topological polar surface area (TPSA) is 63.7 Å². The predicted molar refractivity (Wildman–Crippen MR) is 98.5 cm³/mol. The molecule has 0 atom stereocenters. The number of nitrogens with one attached hydrogen (secondary N) is 1. The molecule has 1 amide bonds. The molecule has 0 bridgehead atoms. The average Bonchev–Trinajstić information content (AvgIpc) is 3.12. The van der Waals surface area contributed by atoms with Crippen LogP contribution in [0.4, 0.5) is 11.5 Å². The van der Waals surface area contributed by atoms with Gasteiger partial charge in [0, 0.05) is 43.4 Å². The van der Waals surface area contributed by atoms with Gasteiger partial charge in [-0.05, 0) is 31.2 Å². The number of nitrogens with zero attached hydrogens (tertiary/aromatic N) is 2. The van der Waals surface area contributed by atoms with E-state index in [1.807, 2.05) is 36.1 Å². The molecule has 6 nitrogen and oxygen atoms in total. The molecule has 2 fully saturated rings. The van der Waals surface area contributed by atoms with Crippen molar-refractivity contribution in [3.05, 3.63) is 53.7 Å². The number of carbonyl (C=O) groups excluding carboxylic acids is 1. The molecule has 6 heteroatoms. The van der Waals surface area contributed by atoms with Gasteiger partial charge in [0.05, 0.1) is 13.2 Å². The summed E-state index contributed by atoms with van der Waals surface area (Å²) in [6.45, 7) is 4.62. The van der Waals surface area contributed by atoms with Gasteiger partial charge in [0.25, 0.3) is 5.91 Å². The average molecular weight is 353 g/mol. The molecule has 2 saturated heterocycles. The van der Waals surface area contributed by atoms with E-state index in [4.69, 9.17) is 9.47 Å². The molecule has 26 heavy (non-hydrogen) atoms. The molecule has 2 aromatic rings. The van der Waals surface area contributed by atoms with Crippen molar-refractivity contribution >= 4 is 17.4 Å². The number of pyridine rings is 1. The Hall–Kier alpha value is -2.44. The Morgan fingerprint density at radius 3 is 2.50 bits per heavy atom. The van der Waals surface area contributed by atoms with Gasteiger partial charge in [-0.3, -0.25) is 4.79 Å². The largest absolute Gasteiger partial charge is 0.347 e. The van der Waals surface area contributed by atoms with Gasteiger partial charge in [-0.2, -0.15) is 0 Å². The molecule has 2 aliphatic rings. The summed E-state index contributed by atoms with van der Waals surface area (Å²) in [5.74, 6) is 0.218. The number of likely N-dealkylation sites (tertiary alicyclic amines) is 1. The summed E-state index contributed by atoms with van der Waals surface area (Å²) < 4.78 is 11.5. The molecule has 1 spiro atoms. The van der Waals surface area contributed by atoms with E-state index >= 15 is 0 Å². The zero-order chi connectivity index (χ0) is 18.0. The molecule has 0 radical (unpaired) electrons. The number of rotatable bonds is 3. The molecule has 2 aliphatic heterocycles. The summed E-state index contributed by atoms with van der Waals surface area (Å²) in [6.07, 6.45) is 3.11. The number of ether oxygens (including phenoxy) is 2. The number of aromatic nitrogens is 1. The molecule has 1 N–H and O–H groups in total. The second-order valence-corrected chi connectivity index (χ2v) is 6.82. The Kier molecular flexibility index (Phi) is 4.61. The number of amides is 1. The zero-order valence-electron chi connectivity index (χ0n) is 14.9. The van der Waals surface area contributed by atoms with Gasteiger partial charge in [-0.1, -0.05) is 17.7 Å². The van der Waals surface area contributed by atoms with Gasteiger partial charge < -0.3 is 19.7 Å². The van der Waals surface area contributed by atoms with Crippen LogP contribution in [0.5, 0.6) is 0 Å². The smallest absolute Gasteiger partial charge is 0.254 e. The quantitative estimate of drug-likeness (QED) is 0.919. The Morgan fingerprint density at radius 1 is 1.12 bits per heavy atom. The molecule has 0 aliphatic carbocycles. The standard InChI is InChI=1S/C20H23N3O3/c1-15-2-4-17(5-3-15)22-18-14-16(6-9-21-18)19(24)23-10-7-20(8-11-23)25-12-13-26-20/h2-6,9,14H,7-8,10-13H2,1H3,(H,21,22). The highest BCUT2D eigenvalue weighted by molar-refractivity contribution is 5.95. The van der Waals surface area contributed by atoms with Crippen LogP contribution in [0.25, 0.3) is 0 Å². The normalized spacial score (nSPS) is 18.9. The maximum absolute atomic E-state index is 12.8. The molecule has 0 unspecified atom stereocenters. The summed E-state index contributed by atoms with van der Waals surface area (Å²) in [5.41, 5.74) is 2.78. The van der Waals surface area contributed by atoms with Crippen molar-refractivity contribution in [2.75, 3.05) is 31.6 Å². The van der Waals surface area contributed by atoms with Crippen LogP contribution in [-0.2, 0) is 9.47 Å². The van der Waals surface area contributed by atoms with Crippen LogP contribution in [0, 0.1) is 6.92 Å². The van der Waals surface area contributed by atoms with Crippen molar-refractivity contribution in [3.63, 3.8) is 0 Å². The third kappa shape index (κ3) is 3.57. The van der Waals surface area contributed by atoms with Crippen LogP contribution < -0.4 is 5.32 Å². The summed E-state index contributed by atoms with van der Waals surface area (Å²) in [7, 11) is 0. The fourth-order valence-electron chi connectivity index (χ4n) is 3.44. The van der Waals surface area contributed by atoms with Crippen molar-refractivity contribution in [1.82, 2.24) is 9.88 Å². The van der Waals surface area contributed by atoms with E-state index in [0.717, 1.165) is 18.5 Å². The van der Waals surface area contributed by atoms with Crippen LogP contribution in [0.2, 0.25) is 0 Å². The van der Waals surface area contributed by atoms with E-state index < -0.39 is 5.79 Å². The van der Waals surface area contributed by atoms with Gasteiger partial charge in [0.2, 0.25) is 0 Å². The lowest BCUT2D eigenvalue weighted by molar-refractivity contribution is -0.181. The number of benzene rings is 1. The van der Waals surface area contributed by atoms with Gasteiger partial charge in [-0.15, -0.1) is 0 Å². The van der Waals surface area contributed by atoms with E-state index in [-0.39, 0.29) is 5.91 Å². The first-order chi connectivity index (χ1) is 12.6. The van der Waals surface area contributed by atoms with E-state index in [0.29, 0.717) is 37.7 Å². The molecule has 4 rings (SSSR count). The van der Waals surface area contributed by atoms with Crippen molar-refractivity contribution in [2.24, 2.45) is 0 Å². The number of carbonyl (C=O) groups is 1. The van der Waals surface area contributed by atoms with Gasteiger partial charge >= 0.3 is 0 Å². The summed E-state index contributed by atoms with van der Waals surface area (Å²) in [5, 5.41) is 3.25. The summed E-state index contributed by atoms with van der Waals surface area (Å²) in [6, 6.07) is 11.6. The molecular weight excluding hydrogens is 330 g/mol. The molecular formula is C20H23N3O3. The predicted octanol–water partition coefficient (Wildman–Crippen LogP) is 3.11. The Labute approximate surface area is 153 Å². The summed E-state index contributed by atoms with van der Waals surface area (Å²) >= 11 is 0. The molecule has 1 aromatic heterocycles. The first kappa shape index (κ1) is 17.0.